The standard InChI is InChI=1S/C43H77N6O9P/c1-2-59(57,37-44)58-32-18-16-14-12-10-8-6-4-3-5-7-9-11-13-15-17-19-38-20-22-39(23-21-38)45-40(50)33-46-24-26-47(34-41(51)52)28-30-49(36-43(55)56)31-29-48(27-25-46)35-42(53)54/h20-23H,2-19,24-37,44H2,1H3,(H,45,50)(H,51,52)(H,53,54)(H,55,56)/p+1. The molecular weight excluding hydrogens is 775 g/mol. The summed E-state index contributed by atoms with van der Waals surface area (Å²) in [5, 5.41) is 31.2. The molecule has 1 fully saturated rings. The third-order valence-corrected chi connectivity index (χ3v) is 13.4. The number of anilines is 1. The summed E-state index contributed by atoms with van der Waals surface area (Å²) in [6.07, 6.45) is 22.2. The fourth-order valence-corrected chi connectivity index (χ4v) is 8.48. The first-order valence-electron chi connectivity index (χ1n) is 22.4. The number of aryl methyl sites for hydroxylation is 1. The van der Waals surface area contributed by atoms with Gasteiger partial charge in [-0.05, 0) is 37.0 Å². The van der Waals surface area contributed by atoms with E-state index in [4.69, 9.17) is 4.52 Å². The zero-order chi connectivity index (χ0) is 43.1. The molecule has 15 nitrogen and oxygen atoms in total. The minimum absolute atomic E-state index is 0.0667. The number of carbonyl (C=O) groups excluding carboxylic acids is 1. The van der Waals surface area contributed by atoms with Crippen LogP contribution < -0.4 is 11.1 Å². The van der Waals surface area contributed by atoms with E-state index in [0.29, 0.717) is 77.1 Å². The van der Waals surface area contributed by atoms with Gasteiger partial charge < -0.3 is 30.9 Å². The van der Waals surface area contributed by atoms with Crippen LogP contribution in [0.5, 0.6) is 0 Å². The Bertz CT molecular complexity index is 1330. The smallest absolute Gasteiger partial charge is 0.317 e. The van der Waals surface area contributed by atoms with Gasteiger partial charge in [0, 0.05) is 64.2 Å². The van der Waals surface area contributed by atoms with Crippen molar-refractivity contribution in [3.05, 3.63) is 29.8 Å². The molecule has 0 aliphatic carbocycles. The summed E-state index contributed by atoms with van der Waals surface area (Å²) in [7, 11) is -2.45. The number of nitrogens with one attached hydrogen (secondary N) is 1. The minimum Gasteiger partial charge on any atom is -0.480 e. The second kappa shape index (κ2) is 31.9. The van der Waals surface area contributed by atoms with Crippen LogP contribution in [0.2, 0.25) is 0 Å². The van der Waals surface area contributed by atoms with Crippen molar-refractivity contribution in [2.45, 2.75) is 116 Å². The molecule has 1 heterocycles. The van der Waals surface area contributed by atoms with Crippen LogP contribution in [0.1, 0.15) is 115 Å². The van der Waals surface area contributed by atoms with Gasteiger partial charge in [-0.2, -0.15) is 0 Å². The Morgan fingerprint density at radius 1 is 0.576 bits per heavy atom. The fraction of sp³-hybridized carbons (Fsp3) is 0.767. The van der Waals surface area contributed by atoms with Gasteiger partial charge in [-0.15, -0.1) is 0 Å². The van der Waals surface area contributed by atoms with Gasteiger partial charge in [0.05, 0.1) is 32.8 Å². The molecular formula is C43H78N6O9P+. The summed E-state index contributed by atoms with van der Waals surface area (Å²) in [6.45, 7) is 4.77. The van der Waals surface area contributed by atoms with Crippen LogP contribution in [0.4, 0.5) is 5.69 Å². The predicted molar refractivity (Wildman–Crippen MR) is 233 cm³/mol. The van der Waals surface area contributed by atoms with Crippen molar-refractivity contribution in [2.24, 2.45) is 0 Å². The maximum Gasteiger partial charge on any atom is 0.317 e. The van der Waals surface area contributed by atoms with Crippen LogP contribution in [-0.4, -0.2) is 156 Å². The molecule has 1 aliphatic rings. The van der Waals surface area contributed by atoms with E-state index in [2.05, 4.69) is 23.2 Å². The fourth-order valence-electron chi connectivity index (χ4n) is 7.39. The minimum atomic E-state index is -2.45. The van der Waals surface area contributed by atoms with E-state index in [-0.39, 0.29) is 32.1 Å². The number of hydrogen-bond acceptors (Lipinski definition) is 10. The molecule has 338 valence electrons. The van der Waals surface area contributed by atoms with Crippen molar-refractivity contribution in [2.75, 3.05) is 103 Å². The van der Waals surface area contributed by atoms with Crippen molar-refractivity contribution in [3.63, 3.8) is 0 Å². The van der Waals surface area contributed by atoms with Crippen LogP contribution in [0, 0.1) is 0 Å². The Balaban J connectivity index is 1.60. The van der Waals surface area contributed by atoms with E-state index in [0.717, 1.165) is 25.7 Å². The van der Waals surface area contributed by atoms with E-state index >= 15 is 0 Å². The second-order valence-electron chi connectivity index (χ2n) is 16.1. The number of rotatable bonds is 31. The van der Waals surface area contributed by atoms with Crippen LogP contribution >= 0.6 is 7.37 Å². The molecule has 1 amide bonds. The number of aliphatic carboxylic acids is 3. The number of carboxylic acid groups (broad SMARTS) is 3. The molecule has 0 radical (unpaired) electrons. The normalized spacial score (nSPS) is 16.5. The third-order valence-electron chi connectivity index (χ3n) is 11.1. The van der Waals surface area contributed by atoms with Gasteiger partial charge in [-0.3, -0.25) is 43.3 Å². The highest BCUT2D eigenvalue weighted by Gasteiger charge is 2.22. The van der Waals surface area contributed by atoms with Gasteiger partial charge >= 0.3 is 17.9 Å². The lowest BCUT2D eigenvalue weighted by atomic mass is 10.0. The summed E-state index contributed by atoms with van der Waals surface area (Å²) in [4.78, 5) is 54.8. The van der Waals surface area contributed by atoms with Crippen LogP contribution in [0.25, 0.3) is 0 Å². The average Bonchev–Trinajstić information content (AvgIpc) is 3.19. The van der Waals surface area contributed by atoms with Crippen molar-refractivity contribution < 1.29 is 49.3 Å². The van der Waals surface area contributed by atoms with Crippen molar-refractivity contribution in [1.29, 1.82) is 0 Å². The number of carboxylic acids is 3. The quantitative estimate of drug-likeness (QED) is 0.0469. The highest BCUT2D eigenvalue weighted by atomic mass is 31.2. The summed E-state index contributed by atoms with van der Waals surface area (Å²) in [6, 6.07) is 7.97. The first kappa shape index (κ1) is 52.2. The Hall–Kier alpha value is -2.91. The van der Waals surface area contributed by atoms with Crippen LogP contribution in [0.3, 0.4) is 0 Å². The highest BCUT2D eigenvalue weighted by molar-refractivity contribution is 7.58. The molecule has 7 N–H and O–H groups in total. The number of unbranched alkanes of at least 4 members (excludes halogenated alkanes) is 15. The number of carbonyl (C=O) groups is 4. The second-order valence-corrected chi connectivity index (χ2v) is 19.1. The molecule has 1 saturated heterocycles. The molecule has 1 aliphatic heterocycles. The zero-order valence-corrected chi connectivity index (χ0v) is 37.1. The predicted octanol–water partition coefficient (Wildman–Crippen LogP) is 5.40. The van der Waals surface area contributed by atoms with Gasteiger partial charge in [0.1, 0.15) is 0 Å². The number of quaternary nitrogens is 1. The Morgan fingerprint density at radius 3 is 1.25 bits per heavy atom. The molecule has 0 bridgehead atoms. The summed E-state index contributed by atoms with van der Waals surface area (Å²) < 4.78 is 17.8. The maximum atomic E-state index is 13.2. The topological polar surface area (TPSA) is 208 Å². The average molecular weight is 854 g/mol. The lowest BCUT2D eigenvalue weighted by molar-refractivity contribution is -0.343. The largest absolute Gasteiger partial charge is 0.480 e. The van der Waals surface area contributed by atoms with Gasteiger partial charge in [0.2, 0.25) is 5.91 Å². The van der Waals surface area contributed by atoms with E-state index in [1.165, 1.54) is 89.0 Å². The van der Waals surface area contributed by atoms with Crippen molar-refractivity contribution >= 4 is 36.9 Å². The number of nitrogens with zero attached hydrogens (tertiary/aromatic N) is 4. The first-order valence-corrected chi connectivity index (χ1v) is 24.4. The molecule has 1 aromatic carbocycles. The van der Waals surface area contributed by atoms with Gasteiger partial charge in [-0.25, -0.2) is 0 Å². The molecule has 1 unspecified atom stereocenters. The molecule has 16 heteroatoms. The number of hydrogen-bond donors (Lipinski definition) is 5. The Labute approximate surface area is 353 Å². The van der Waals surface area contributed by atoms with E-state index < -0.39 is 25.3 Å². The van der Waals surface area contributed by atoms with E-state index in [1.54, 1.807) is 14.7 Å². The molecule has 1 atom stereocenters. The zero-order valence-electron chi connectivity index (χ0n) is 36.2. The molecule has 59 heavy (non-hydrogen) atoms. The van der Waals surface area contributed by atoms with Gasteiger partial charge in [0.15, 0.2) is 6.29 Å². The molecule has 1 aromatic rings. The molecule has 0 spiro atoms. The number of amides is 1. The Morgan fingerprint density at radius 2 is 0.915 bits per heavy atom. The lowest BCUT2D eigenvalue weighted by Gasteiger charge is -2.32. The van der Waals surface area contributed by atoms with Gasteiger partial charge in [0.25, 0.3) is 7.37 Å². The first-order chi connectivity index (χ1) is 28.4. The lowest BCUT2D eigenvalue weighted by Crippen LogP contribution is -2.50. The Kier molecular flexibility index (Phi) is 28.2. The van der Waals surface area contributed by atoms with E-state index in [1.807, 2.05) is 24.0 Å². The molecule has 0 saturated carbocycles. The molecule has 2 rings (SSSR count). The highest BCUT2D eigenvalue weighted by Crippen LogP contribution is 2.43. The monoisotopic (exact) mass is 854 g/mol. The van der Waals surface area contributed by atoms with Crippen molar-refractivity contribution in [3.8, 4) is 0 Å². The summed E-state index contributed by atoms with van der Waals surface area (Å²) >= 11 is 0. The maximum absolute atomic E-state index is 13.2. The van der Waals surface area contributed by atoms with Gasteiger partial charge in [-0.1, -0.05) is 109 Å². The summed E-state index contributed by atoms with van der Waals surface area (Å²) in [5.74, 6) is -3.18. The van der Waals surface area contributed by atoms with Crippen LogP contribution in [-0.2, 0) is 34.7 Å². The molecule has 0 aromatic heterocycles. The van der Waals surface area contributed by atoms with Crippen molar-refractivity contribution in [1.82, 2.24) is 19.6 Å². The SMILES string of the molecule is CCP(=O)(C[NH3+])OCCCCCCCCCCCCCCCCCCc1ccc(NC(=O)CN2CCN(CC(=O)O)CCN(CC(=O)O)CCN(CC(=O)O)CC2)cc1. The third kappa shape index (κ3) is 26.8. The number of benzene rings is 1. The van der Waals surface area contributed by atoms with Crippen LogP contribution in [0.15, 0.2) is 24.3 Å². The summed E-state index contributed by atoms with van der Waals surface area (Å²) in [5.41, 5.74) is 5.70. The van der Waals surface area contributed by atoms with E-state index in [9.17, 15) is 39.1 Å².